The zero-order chi connectivity index (χ0) is 21.4. The molecule has 3 aliphatic rings. The minimum absolute atomic E-state index is 0.0912. The maximum atomic E-state index is 13.5. The fraction of sp³-hybridized carbons (Fsp3) is 0.478. The first-order valence-electron chi connectivity index (χ1n) is 10.9. The number of aromatic nitrogens is 2. The molecule has 1 aromatic carbocycles. The van der Waals surface area contributed by atoms with Crippen molar-refractivity contribution in [2.45, 2.75) is 51.1 Å². The standard InChI is InChI=1S/C23H26N4O4/c1-14-24-13-17(22(28)26-16-6-7-16)21(25-14)18-4-2-3-9-27(18)23(29)15-5-8-19-20(12-15)31-11-10-30-19/h5,8,12-13,16,18H,2-4,6-7,9-11H2,1H3,(H,26,28)/t18-/m1/s1. The summed E-state index contributed by atoms with van der Waals surface area (Å²) in [7, 11) is 0. The molecule has 8 heteroatoms. The predicted octanol–water partition coefficient (Wildman–Crippen LogP) is 2.82. The van der Waals surface area contributed by atoms with Crippen LogP contribution in [0.3, 0.4) is 0 Å². The number of fused-ring (bicyclic) bond motifs is 1. The highest BCUT2D eigenvalue weighted by molar-refractivity contribution is 5.97. The third-order valence-electron chi connectivity index (χ3n) is 5.96. The van der Waals surface area contributed by atoms with E-state index in [4.69, 9.17) is 9.47 Å². The van der Waals surface area contributed by atoms with Gasteiger partial charge in [-0.3, -0.25) is 9.59 Å². The van der Waals surface area contributed by atoms with Crippen LogP contribution in [0.15, 0.2) is 24.4 Å². The van der Waals surface area contributed by atoms with Gasteiger partial charge in [-0.1, -0.05) is 0 Å². The van der Waals surface area contributed by atoms with Crippen molar-refractivity contribution in [1.29, 1.82) is 0 Å². The van der Waals surface area contributed by atoms with Crippen LogP contribution < -0.4 is 14.8 Å². The van der Waals surface area contributed by atoms with E-state index in [9.17, 15) is 9.59 Å². The summed E-state index contributed by atoms with van der Waals surface area (Å²) in [5.41, 5.74) is 1.64. The summed E-state index contributed by atoms with van der Waals surface area (Å²) in [6, 6.07) is 5.27. The van der Waals surface area contributed by atoms with Crippen molar-refractivity contribution in [3.63, 3.8) is 0 Å². The Bertz CT molecular complexity index is 1020. The summed E-state index contributed by atoms with van der Waals surface area (Å²) in [4.78, 5) is 37.1. The molecule has 2 amide bonds. The number of amides is 2. The molecule has 1 aliphatic carbocycles. The third kappa shape index (κ3) is 4.06. The molecule has 2 aliphatic heterocycles. The van der Waals surface area contributed by atoms with E-state index in [1.165, 1.54) is 0 Å². The van der Waals surface area contributed by atoms with Gasteiger partial charge in [0.1, 0.15) is 19.0 Å². The second-order valence-corrected chi connectivity index (χ2v) is 8.33. The molecule has 0 spiro atoms. The van der Waals surface area contributed by atoms with Gasteiger partial charge in [-0.15, -0.1) is 0 Å². The van der Waals surface area contributed by atoms with Crippen LogP contribution in [0.4, 0.5) is 0 Å². The lowest BCUT2D eigenvalue weighted by Crippen LogP contribution is -2.40. The Morgan fingerprint density at radius 2 is 1.90 bits per heavy atom. The van der Waals surface area contributed by atoms with Gasteiger partial charge >= 0.3 is 0 Å². The third-order valence-corrected chi connectivity index (χ3v) is 5.96. The number of nitrogens with zero attached hydrogens (tertiary/aromatic N) is 3. The Morgan fingerprint density at radius 3 is 2.71 bits per heavy atom. The summed E-state index contributed by atoms with van der Waals surface area (Å²) >= 11 is 0. The van der Waals surface area contributed by atoms with Crippen molar-refractivity contribution in [3.8, 4) is 11.5 Å². The second kappa shape index (κ2) is 8.17. The second-order valence-electron chi connectivity index (χ2n) is 8.33. The monoisotopic (exact) mass is 422 g/mol. The lowest BCUT2D eigenvalue weighted by Gasteiger charge is -2.36. The number of hydrogen-bond acceptors (Lipinski definition) is 6. The number of rotatable bonds is 4. The van der Waals surface area contributed by atoms with Gasteiger partial charge < -0.3 is 19.7 Å². The van der Waals surface area contributed by atoms with E-state index in [0.29, 0.717) is 53.9 Å². The molecule has 8 nitrogen and oxygen atoms in total. The molecule has 1 aromatic heterocycles. The van der Waals surface area contributed by atoms with Gasteiger partial charge in [0.05, 0.1) is 17.3 Å². The molecule has 2 fully saturated rings. The van der Waals surface area contributed by atoms with Crippen LogP contribution in [0.5, 0.6) is 11.5 Å². The fourth-order valence-electron chi connectivity index (χ4n) is 4.21. The van der Waals surface area contributed by atoms with E-state index in [0.717, 1.165) is 32.1 Å². The number of aryl methyl sites for hydroxylation is 1. The molecule has 31 heavy (non-hydrogen) atoms. The normalized spacial score (nSPS) is 20.3. The molecular weight excluding hydrogens is 396 g/mol. The molecule has 0 radical (unpaired) electrons. The Hall–Kier alpha value is -3.16. The van der Waals surface area contributed by atoms with Gasteiger partial charge in [0.15, 0.2) is 11.5 Å². The number of hydrogen-bond donors (Lipinski definition) is 1. The van der Waals surface area contributed by atoms with E-state index in [1.54, 1.807) is 24.4 Å². The van der Waals surface area contributed by atoms with E-state index in [1.807, 2.05) is 11.8 Å². The van der Waals surface area contributed by atoms with Gasteiger partial charge in [0.25, 0.3) is 11.8 Å². The zero-order valence-corrected chi connectivity index (χ0v) is 17.6. The molecule has 1 saturated heterocycles. The highest BCUT2D eigenvalue weighted by Crippen LogP contribution is 2.35. The van der Waals surface area contributed by atoms with Crippen molar-refractivity contribution < 1.29 is 19.1 Å². The number of piperidine rings is 1. The SMILES string of the molecule is Cc1ncc(C(=O)NC2CC2)c([C@H]2CCCCN2C(=O)c2ccc3c(c2)OCCO3)n1. The zero-order valence-electron chi connectivity index (χ0n) is 17.6. The quantitative estimate of drug-likeness (QED) is 0.814. The Morgan fingerprint density at radius 1 is 1.10 bits per heavy atom. The number of nitrogens with one attached hydrogen (secondary N) is 1. The molecule has 0 bridgehead atoms. The summed E-state index contributed by atoms with van der Waals surface area (Å²) in [5, 5.41) is 3.03. The Balaban J connectivity index is 1.46. The predicted molar refractivity (Wildman–Crippen MR) is 112 cm³/mol. The molecule has 1 N–H and O–H groups in total. The summed E-state index contributed by atoms with van der Waals surface area (Å²) in [5.74, 6) is 1.59. The molecule has 0 unspecified atom stereocenters. The van der Waals surface area contributed by atoms with Gasteiger partial charge in [0, 0.05) is 24.3 Å². The number of likely N-dealkylation sites (tertiary alicyclic amines) is 1. The van der Waals surface area contributed by atoms with E-state index in [-0.39, 0.29) is 23.9 Å². The number of benzene rings is 1. The minimum atomic E-state index is -0.267. The fourth-order valence-corrected chi connectivity index (χ4v) is 4.21. The van der Waals surface area contributed by atoms with Crippen molar-refractivity contribution >= 4 is 11.8 Å². The molecule has 162 valence electrons. The van der Waals surface area contributed by atoms with Crippen molar-refractivity contribution in [2.75, 3.05) is 19.8 Å². The highest BCUT2D eigenvalue weighted by Gasteiger charge is 2.34. The summed E-state index contributed by atoms with van der Waals surface area (Å²) < 4.78 is 11.2. The van der Waals surface area contributed by atoms with Gasteiger partial charge in [-0.25, -0.2) is 9.97 Å². The molecule has 2 aromatic rings. The molecule has 1 atom stereocenters. The smallest absolute Gasteiger partial charge is 0.255 e. The number of carbonyl (C=O) groups excluding carboxylic acids is 2. The maximum Gasteiger partial charge on any atom is 0.255 e. The van der Waals surface area contributed by atoms with Gasteiger partial charge in [-0.05, 0) is 57.2 Å². The molecule has 3 heterocycles. The van der Waals surface area contributed by atoms with Gasteiger partial charge in [0.2, 0.25) is 0 Å². The first kappa shape index (κ1) is 19.8. The van der Waals surface area contributed by atoms with Crippen LogP contribution in [0, 0.1) is 6.92 Å². The van der Waals surface area contributed by atoms with E-state index >= 15 is 0 Å². The molecule has 1 saturated carbocycles. The van der Waals surface area contributed by atoms with Crippen molar-refractivity contribution in [3.05, 3.63) is 47.0 Å². The van der Waals surface area contributed by atoms with Crippen LogP contribution >= 0.6 is 0 Å². The van der Waals surface area contributed by atoms with Crippen LogP contribution in [0.2, 0.25) is 0 Å². The lowest BCUT2D eigenvalue weighted by molar-refractivity contribution is 0.0600. The van der Waals surface area contributed by atoms with Crippen molar-refractivity contribution in [2.24, 2.45) is 0 Å². The van der Waals surface area contributed by atoms with Crippen LogP contribution in [-0.4, -0.2) is 52.5 Å². The lowest BCUT2D eigenvalue weighted by atomic mass is 9.95. The minimum Gasteiger partial charge on any atom is -0.486 e. The average molecular weight is 422 g/mol. The van der Waals surface area contributed by atoms with E-state index in [2.05, 4.69) is 15.3 Å². The number of ether oxygens (including phenoxy) is 2. The summed E-state index contributed by atoms with van der Waals surface area (Å²) in [6.45, 7) is 3.40. The van der Waals surface area contributed by atoms with E-state index < -0.39 is 0 Å². The maximum absolute atomic E-state index is 13.5. The summed E-state index contributed by atoms with van der Waals surface area (Å²) in [6.07, 6.45) is 6.26. The average Bonchev–Trinajstić information content (AvgIpc) is 3.62. The van der Waals surface area contributed by atoms with Crippen LogP contribution in [0.1, 0.15) is 70.4 Å². The Kier molecular flexibility index (Phi) is 5.21. The van der Waals surface area contributed by atoms with Crippen molar-refractivity contribution in [1.82, 2.24) is 20.2 Å². The van der Waals surface area contributed by atoms with Gasteiger partial charge in [-0.2, -0.15) is 0 Å². The first-order valence-corrected chi connectivity index (χ1v) is 10.9. The number of carbonyl (C=O) groups is 2. The Labute approximate surface area is 181 Å². The van der Waals surface area contributed by atoms with Crippen LogP contribution in [0.25, 0.3) is 0 Å². The molecular formula is C23H26N4O4. The van der Waals surface area contributed by atoms with Crippen LogP contribution in [-0.2, 0) is 0 Å². The molecule has 5 rings (SSSR count). The largest absolute Gasteiger partial charge is 0.486 e. The topological polar surface area (TPSA) is 93.7 Å². The highest BCUT2D eigenvalue weighted by atomic mass is 16.6. The first-order chi connectivity index (χ1) is 15.1.